The second kappa shape index (κ2) is 7.85. The van der Waals surface area contributed by atoms with E-state index < -0.39 is 0 Å². The number of hydrogen-bond acceptors (Lipinski definition) is 4. The highest BCUT2D eigenvalue weighted by atomic mass is 79.9. The lowest BCUT2D eigenvalue weighted by Gasteiger charge is -2.28. The van der Waals surface area contributed by atoms with Gasteiger partial charge >= 0.3 is 0 Å². The lowest BCUT2D eigenvalue weighted by molar-refractivity contribution is 0.0332. The van der Waals surface area contributed by atoms with E-state index in [9.17, 15) is 0 Å². The molecule has 19 heavy (non-hydrogen) atoms. The van der Waals surface area contributed by atoms with Gasteiger partial charge in [0, 0.05) is 7.11 Å². The molecule has 0 saturated carbocycles. The molecule has 3 N–H and O–H groups in total. The van der Waals surface area contributed by atoms with Crippen LogP contribution in [0, 0.1) is 5.92 Å². The second-order valence-electron chi connectivity index (χ2n) is 4.89. The van der Waals surface area contributed by atoms with Crippen LogP contribution in [0.2, 0.25) is 0 Å². The van der Waals surface area contributed by atoms with Gasteiger partial charge in [-0.05, 0) is 46.0 Å². The Balaban J connectivity index is 2.83. The molecule has 0 fully saturated rings. The Kier molecular flexibility index (Phi) is 6.79. The van der Waals surface area contributed by atoms with Crippen molar-refractivity contribution in [2.75, 3.05) is 14.2 Å². The Morgan fingerprint density at radius 3 is 2.42 bits per heavy atom. The second-order valence-corrected chi connectivity index (χ2v) is 5.74. The molecule has 1 rings (SSSR count). The molecule has 2 atom stereocenters. The lowest BCUT2D eigenvalue weighted by Crippen LogP contribution is -2.48. The van der Waals surface area contributed by atoms with Crippen LogP contribution in [0.15, 0.2) is 22.7 Å². The predicted octanol–water partition coefficient (Wildman–Crippen LogP) is 2.50. The third-order valence-corrected chi connectivity index (χ3v) is 3.83. The summed E-state index contributed by atoms with van der Waals surface area (Å²) in [6, 6.07) is 6.12. The number of rotatable bonds is 7. The standard InChI is InChI=1S/C14H23BrN2O2/c1-9(2)14(19-4)12(17-16)8-10-5-6-13(18-3)11(15)7-10/h5-7,9,12,14,17H,8,16H2,1-4H3. The summed E-state index contributed by atoms with van der Waals surface area (Å²) >= 11 is 3.49. The Hall–Kier alpha value is -0.620. The third kappa shape index (κ3) is 4.45. The number of methoxy groups -OCH3 is 2. The maximum absolute atomic E-state index is 5.66. The zero-order chi connectivity index (χ0) is 14.4. The molecule has 0 bridgehead atoms. The summed E-state index contributed by atoms with van der Waals surface area (Å²) in [6.45, 7) is 4.25. The molecular formula is C14H23BrN2O2. The van der Waals surface area contributed by atoms with Gasteiger partial charge in [0.15, 0.2) is 0 Å². The summed E-state index contributed by atoms with van der Waals surface area (Å²) in [7, 11) is 3.38. The molecule has 1 aromatic carbocycles. The number of halogens is 1. The lowest BCUT2D eigenvalue weighted by atomic mass is 9.94. The van der Waals surface area contributed by atoms with Crippen LogP contribution in [0.25, 0.3) is 0 Å². The first-order valence-corrected chi connectivity index (χ1v) is 7.14. The zero-order valence-corrected chi connectivity index (χ0v) is 13.5. The summed E-state index contributed by atoms with van der Waals surface area (Å²) in [5.41, 5.74) is 4.04. The van der Waals surface area contributed by atoms with E-state index in [1.165, 1.54) is 5.56 Å². The summed E-state index contributed by atoms with van der Waals surface area (Å²) < 4.78 is 11.7. The van der Waals surface area contributed by atoms with Gasteiger partial charge in [-0.2, -0.15) is 0 Å². The van der Waals surface area contributed by atoms with E-state index in [-0.39, 0.29) is 12.1 Å². The van der Waals surface area contributed by atoms with Crippen molar-refractivity contribution < 1.29 is 9.47 Å². The van der Waals surface area contributed by atoms with Gasteiger partial charge in [0.1, 0.15) is 5.75 Å². The summed E-state index contributed by atoms with van der Waals surface area (Å²) in [5, 5.41) is 0. The van der Waals surface area contributed by atoms with E-state index in [1.54, 1.807) is 14.2 Å². The zero-order valence-electron chi connectivity index (χ0n) is 11.9. The Bertz CT molecular complexity index is 399. The molecule has 108 valence electrons. The van der Waals surface area contributed by atoms with E-state index in [0.29, 0.717) is 5.92 Å². The fourth-order valence-corrected chi connectivity index (χ4v) is 2.85. The Labute approximate surface area is 123 Å². The smallest absolute Gasteiger partial charge is 0.133 e. The molecule has 0 aliphatic rings. The van der Waals surface area contributed by atoms with Crippen molar-refractivity contribution >= 4 is 15.9 Å². The van der Waals surface area contributed by atoms with E-state index in [1.807, 2.05) is 12.1 Å². The van der Waals surface area contributed by atoms with Crippen molar-refractivity contribution in [2.24, 2.45) is 11.8 Å². The Morgan fingerprint density at radius 1 is 1.32 bits per heavy atom. The summed E-state index contributed by atoms with van der Waals surface area (Å²) in [4.78, 5) is 0. The fraction of sp³-hybridized carbons (Fsp3) is 0.571. The largest absolute Gasteiger partial charge is 0.496 e. The Morgan fingerprint density at radius 2 is 2.00 bits per heavy atom. The molecule has 0 aliphatic heterocycles. The number of nitrogens with one attached hydrogen (secondary N) is 1. The van der Waals surface area contributed by atoms with E-state index in [4.69, 9.17) is 15.3 Å². The summed E-state index contributed by atoms with van der Waals surface area (Å²) in [5.74, 6) is 6.89. The number of ether oxygens (including phenoxy) is 2. The van der Waals surface area contributed by atoms with Gasteiger partial charge in [0.25, 0.3) is 0 Å². The van der Waals surface area contributed by atoms with E-state index in [2.05, 4.69) is 41.3 Å². The molecule has 2 unspecified atom stereocenters. The molecular weight excluding hydrogens is 308 g/mol. The third-order valence-electron chi connectivity index (χ3n) is 3.21. The first-order chi connectivity index (χ1) is 9.03. The van der Waals surface area contributed by atoms with Crippen LogP contribution in [0.4, 0.5) is 0 Å². The number of hydrazine groups is 1. The van der Waals surface area contributed by atoms with Crippen LogP contribution in [-0.2, 0) is 11.2 Å². The van der Waals surface area contributed by atoms with Crippen LogP contribution < -0.4 is 16.0 Å². The summed E-state index contributed by atoms with van der Waals surface area (Å²) in [6.07, 6.45) is 0.876. The molecule has 0 aromatic heterocycles. The molecule has 0 amide bonds. The molecule has 0 saturated heterocycles. The highest BCUT2D eigenvalue weighted by molar-refractivity contribution is 9.10. The number of benzene rings is 1. The molecule has 5 heteroatoms. The van der Waals surface area contributed by atoms with Gasteiger partial charge in [-0.1, -0.05) is 19.9 Å². The minimum Gasteiger partial charge on any atom is -0.496 e. The monoisotopic (exact) mass is 330 g/mol. The normalized spacial score (nSPS) is 14.5. The molecule has 4 nitrogen and oxygen atoms in total. The fourth-order valence-electron chi connectivity index (χ4n) is 2.26. The first kappa shape index (κ1) is 16.4. The molecule has 0 aliphatic carbocycles. The van der Waals surface area contributed by atoms with Gasteiger partial charge in [0.2, 0.25) is 0 Å². The molecule has 0 heterocycles. The number of nitrogens with two attached hydrogens (primary N) is 1. The van der Waals surface area contributed by atoms with Crippen molar-refractivity contribution in [3.63, 3.8) is 0 Å². The van der Waals surface area contributed by atoms with E-state index >= 15 is 0 Å². The van der Waals surface area contributed by atoms with Crippen molar-refractivity contribution in [3.05, 3.63) is 28.2 Å². The SMILES string of the molecule is COc1ccc(CC(NN)C(OC)C(C)C)cc1Br. The minimum absolute atomic E-state index is 0.0743. The van der Waals surface area contributed by atoms with Crippen molar-refractivity contribution in [2.45, 2.75) is 32.4 Å². The van der Waals surface area contributed by atoms with Gasteiger partial charge in [-0.3, -0.25) is 11.3 Å². The van der Waals surface area contributed by atoms with Crippen LogP contribution in [0.1, 0.15) is 19.4 Å². The highest BCUT2D eigenvalue weighted by Crippen LogP contribution is 2.26. The van der Waals surface area contributed by atoms with Gasteiger partial charge < -0.3 is 9.47 Å². The maximum atomic E-state index is 5.66. The first-order valence-electron chi connectivity index (χ1n) is 6.34. The molecule has 0 radical (unpaired) electrons. The highest BCUT2D eigenvalue weighted by Gasteiger charge is 2.23. The number of hydrogen-bond donors (Lipinski definition) is 2. The van der Waals surface area contributed by atoms with Crippen molar-refractivity contribution in [1.29, 1.82) is 0 Å². The van der Waals surface area contributed by atoms with Crippen LogP contribution in [0.5, 0.6) is 5.75 Å². The molecule has 1 aromatic rings. The van der Waals surface area contributed by atoms with Crippen LogP contribution in [0.3, 0.4) is 0 Å². The van der Waals surface area contributed by atoms with Crippen LogP contribution in [-0.4, -0.2) is 26.4 Å². The van der Waals surface area contributed by atoms with Gasteiger partial charge in [-0.25, -0.2) is 0 Å². The van der Waals surface area contributed by atoms with Gasteiger partial charge in [-0.15, -0.1) is 0 Å². The molecule has 0 spiro atoms. The van der Waals surface area contributed by atoms with Crippen molar-refractivity contribution in [3.8, 4) is 5.75 Å². The van der Waals surface area contributed by atoms with Crippen molar-refractivity contribution in [1.82, 2.24) is 5.43 Å². The quantitative estimate of drug-likeness (QED) is 0.595. The average Bonchev–Trinajstić information content (AvgIpc) is 2.38. The van der Waals surface area contributed by atoms with E-state index in [0.717, 1.165) is 16.6 Å². The maximum Gasteiger partial charge on any atom is 0.133 e. The topological polar surface area (TPSA) is 56.5 Å². The van der Waals surface area contributed by atoms with Crippen LogP contribution >= 0.6 is 15.9 Å². The van der Waals surface area contributed by atoms with Gasteiger partial charge in [0.05, 0.1) is 23.7 Å². The average molecular weight is 331 g/mol. The minimum atomic E-state index is 0.0743. The predicted molar refractivity (Wildman–Crippen MR) is 81.1 cm³/mol.